The third-order valence-corrected chi connectivity index (χ3v) is 3.07. The minimum atomic E-state index is -0.667. The highest BCUT2D eigenvalue weighted by Gasteiger charge is 2.24. The lowest BCUT2D eigenvalue weighted by atomic mass is 9.88. The number of likely N-dealkylation sites (tertiary alicyclic amines) is 1. The van der Waals surface area contributed by atoms with Crippen LogP contribution in [0.25, 0.3) is 0 Å². The van der Waals surface area contributed by atoms with Crippen molar-refractivity contribution in [1.82, 2.24) is 4.90 Å². The van der Waals surface area contributed by atoms with E-state index in [0.717, 1.165) is 19.4 Å². The van der Waals surface area contributed by atoms with Crippen LogP contribution in [0, 0.1) is 5.41 Å². The van der Waals surface area contributed by atoms with Gasteiger partial charge in [0.25, 0.3) is 0 Å². The minimum Gasteiger partial charge on any atom is -0.396 e. The van der Waals surface area contributed by atoms with Crippen molar-refractivity contribution in [2.24, 2.45) is 5.41 Å². The standard InChI is InChI=1S/C6H14O3.C5H9NO/c1-2-6(3-7,4-8)5-9;1-6-4-2-3-5(6)7/h7-9H,2-5H2,1H3;2-4H2,1H3. The highest BCUT2D eigenvalue weighted by atomic mass is 16.3. The van der Waals surface area contributed by atoms with Gasteiger partial charge in [0, 0.05) is 25.4 Å². The highest BCUT2D eigenvalue weighted by Crippen LogP contribution is 2.18. The molecule has 3 N–H and O–H groups in total. The van der Waals surface area contributed by atoms with Crippen LogP contribution in [0.5, 0.6) is 0 Å². The number of rotatable bonds is 4. The van der Waals surface area contributed by atoms with Crippen LogP contribution in [0.4, 0.5) is 0 Å². The Morgan fingerprint density at radius 1 is 1.25 bits per heavy atom. The third-order valence-electron chi connectivity index (χ3n) is 3.07. The molecular weight excluding hydrogens is 210 g/mol. The number of amides is 1. The van der Waals surface area contributed by atoms with Gasteiger partial charge in [-0.1, -0.05) is 6.92 Å². The van der Waals surface area contributed by atoms with Crippen molar-refractivity contribution in [3.05, 3.63) is 0 Å². The maximum Gasteiger partial charge on any atom is 0.222 e. The number of nitrogens with zero attached hydrogens (tertiary/aromatic N) is 1. The maximum atomic E-state index is 10.5. The Morgan fingerprint density at radius 2 is 1.75 bits per heavy atom. The molecule has 1 amide bonds. The Kier molecular flexibility index (Phi) is 7.29. The zero-order chi connectivity index (χ0) is 12.6. The summed E-state index contributed by atoms with van der Waals surface area (Å²) in [6, 6.07) is 0. The van der Waals surface area contributed by atoms with Gasteiger partial charge >= 0.3 is 0 Å². The fourth-order valence-corrected chi connectivity index (χ4v) is 1.27. The Bertz CT molecular complexity index is 187. The molecular formula is C11H23NO4. The van der Waals surface area contributed by atoms with E-state index in [0.29, 0.717) is 12.3 Å². The van der Waals surface area contributed by atoms with Crippen molar-refractivity contribution in [1.29, 1.82) is 0 Å². The van der Waals surface area contributed by atoms with E-state index in [1.165, 1.54) is 0 Å². The second kappa shape index (κ2) is 7.60. The maximum absolute atomic E-state index is 10.5. The van der Waals surface area contributed by atoms with E-state index in [1.54, 1.807) is 4.90 Å². The van der Waals surface area contributed by atoms with E-state index in [-0.39, 0.29) is 19.8 Å². The average Bonchev–Trinajstić information content (AvgIpc) is 2.68. The van der Waals surface area contributed by atoms with E-state index in [1.807, 2.05) is 14.0 Å². The number of hydrogen-bond acceptors (Lipinski definition) is 4. The predicted octanol–water partition coefficient (Wildman–Crippen LogP) is -0.402. The first-order chi connectivity index (χ1) is 7.55. The molecule has 0 radical (unpaired) electrons. The lowest BCUT2D eigenvalue weighted by molar-refractivity contribution is -0.126. The zero-order valence-electron chi connectivity index (χ0n) is 10.1. The molecule has 0 spiro atoms. The first-order valence-electron chi connectivity index (χ1n) is 5.61. The molecule has 0 aliphatic carbocycles. The van der Waals surface area contributed by atoms with Gasteiger partial charge in [-0.2, -0.15) is 0 Å². The van der Waals surface area contributed by atoms with Gasteiger partial charge in [-0.05, 0) is 12.8 Å². The summed E-state index contributed by atoms with van der Waals surface area (Å²) in [7, 11) is 1.84. The fraction of sp³-hybridized carbons (Fsp3) is 0.909. The van der Waals surface area contributed by atoms with Crippen molar-refractivity contribution in [3.8, 4) is 0 Å². The van der Waals surface area contributed by atoms with Crippen LogP contribution in [0.15, 0.2) is 0 Å². The van der Waals surface area contributed by atoms with Crippen LogP contribution < -0.4 is 0 Å². The normalized spacial score (nSPS) is 16.1. The number of aliphatic hydroxyl groups excluding tert-OH is 3. The molecule has 5 heteroatoms. The molecule has 1 saturated heterocycles. The summed E-state index contributed by atoms with van der Waals surface area (Å²) in [5.41, 5.74) is -0.667. The molecule has 96 valence electrons. The van der Waals surface area contributed by atoms with Gasteiger partial charge in [0.1, 0.15) is 0 Å². The quantitative estimate of drug-likeness (QED) is 0.617. The van der Waals surface area contributed by atoms with E-state index >= 15 is 0 Å². The van der Waals surface area contributed by atoms with Gasteiger partial charge in [0.15, 0.2) is 0 Å². The summed E-state index contributed by atoms with van der Waals surface area (Å²) in [5.74, 6) is 0.292. The van der Waals surface area contributed by atoms with Crippen molar-refractivity contribution >= 4 is 5.91 Å². The molecule has 0 saturated carbocycles. The Hall–Kier alpha value is -0.650. The molecule has 16 heavy (non-hydrogen) atoms. The molecule has 5 nitrogen and oxygen atoms in total. The monoisotopic (exact) mass is 233 g/mol. The Balaban J connectivity index is 0.000000288. The second-order valence-electron chi connectivity index (χ2n) is 4.25. The smallest absolute Gasteiger partial charge is 0.222 e. The molecule has 0 atom stereocenters. The number of hydrogen-bond donors (Lipinski definition) is 3. The third kappa shape index (κ3) is 4.47. The number of aliphatic hydroxyl groups is 3. The number of carbonyl (C=O) groups is 1. The van der Waals surface area contributed by atoms with E-state index in [2.05, 4.69) is 0 Å². The van der Waals surface area contributed by atoms with E-state index < -0.39 is 5.41 Å². The largest absolute Gasteiger partial charge is 0.396 e. The Morgan fingerprint density at radius 3 is 1.81 bits per heavy atom. The summed E-state index contributed by atoms with van der Waals surface area (Å²) in [4.78, 5) is 12.3. The number of carbonyl (C=O) groups excluding carboxylic acids is 1. The summed E-state index contributed by atoms with van der Waals surface area (Å²) >= 11 is 0. The summed E-state index contributed by atoms with van der Waals surface area (Å²) in [5, 5.41) is 26.0. The first kappa shape index (κ1) is 15.3. The van der Waals surface area contributed by atoms with Crippen LogP contribution in [-0.2, 0) is 4.79 Å². The first-order valence-corrected chi connectivity index (χ1v) is 5.61. The van der Waals surface area contributed by atoms with Crippen LogP contribution in [0.2, 0.25) is 0 Å². The van der Waals surface area contributed by atoms with Gasteiger partial charge < -0.3 is 20.2 Å². The fourth-order valence-electron chi connectivity index (χ4n) is 1.27. The molecule has 0 aromatic rings. The average molecular weight is 233 g/mol. The topological polar surface area (TPSA) is 81.0 Å². The van der Waals surface area contributed by atoms with Crippen molar-refractivity contribution < 1.29 is 20.1 Å². The molecule has 1 fully saturated rings. The minimum absolute atomic E-state index is 0.156. The molecule has 0 aromatic carbocycles. The lowest BCUT2D eigenvalue weighted by Crippen LogP contribution is -2.32. The summed E-state index contributed by atoms with van der Waals surface area (Å²) < 4.78 is 0. The summed E-state index contributed by atoms with van der Waals surface area (Å²) in [6.07, 6.45) is 2.41. The highest BCUT2D eigenvalue weighted by molar-refractivity contribution is 5.77. The zero-order valence-corrected chi connectivity index (χ0v) is 10.1. The second-order valence-corrected chi connectivity index (χ2v) is 4.25. The van der Waals surface area contributed by atoms with Crippen molar-refractivity contribution in [3.63, 3.8) is 0 Å². The van der Waals surface area contributed by atoms with E-state index in [4.69, 9.17) is 15.3 Å². The predicted molar refractivity (Wildman–Crippen MR) is 60.9 cm³/mol. The molecule has 0 bridgehead atoms. The van der Waals surface area contributed by atoms with Crippen LogP contribution in [-0.4, -0.2) is 59.5 Å². The lowest BCUT2D eigenvalue weighted by Gasteiger charge is -2.24. The summed E-state index contributed by atoms with van der Waals surface area (Å²) in [6.45, 7) is 2.31. The van der Waals surface area contributed by atoms with Crippen LogP contribution in [0.1, 0.15) is 26.2 Å². The molecule has 0 unspecified atom stereocenters. The van der Waals surface area contributed by atoms with Gasteiger partial charge in [0.05, 0.1) is 19.8 Å². The van der Waals surface area contributed by atoms with Gasteiger partial charge in [-0.15, -0.1) is 0 Å². The van der Waals surface area contributed by atoms with Crippen molar-refractivity contribution in [2.45, 2.75) is 26.2 Å². The van der Waals surface area contributed by atoms with Crippen molar-refractivity contribution in [2.75, 3.05) is 33.4 Å². The molecule has 1 aliphatic rings. The van der Waals surface area contributed by atoms with Gasteiger partial charge in [-0.3, -0.25) is 4.79 Å². The van der Waals surface area contributed by atoms with E-state index in [9.17, 15) is 4.79 Å². The molecule has 0 aromatic heterocycles. The van der Waals surface area contributed by atoms with Gasteiger partial charge in [-0.25, -0.2) is 0 Å². The SMILES string of the molecule is CCC(CO)(CO)CO.CN1CCCC1=O. The molecule has 1 heterocycles. The molecule has 1 aliphatic heterocycles. The van der Waals surface area contributed by atoms with Gasteiger partial charge in [0.2, 0.25) is 5.91 Å². The Labute approximate surface area is 96.7 Å². The van der Waals surface area contributed by atoms with Crippen LogP contribution in [0.3, 0.4) is 0 Å². The molecule has 1 rings (SSSR count). The van der Waals surface area contributed by atoms with Crippen LogP contribution >= 0.6 is 0 Å².